The van der Waals surface area contributed by atoms with Gasteiger partial charge in [0, 0.05) is 12.8 Å². The monoisotopic (exact) mass is 356 g/mol. The molecule has 0 unspecified atom stereocenters. The SMILES string of the molecule is CS(=O)(=O)c1cccc(NCCc2cc(F)ccc2F)c1[N+](=O)[O-]. The number of nitrogens with zero attached hydrogens (tertiary/aromatic N) is 1. The van der Waals surface area contributed by atoms with Crippen LogP contribution < -0.4 is 5.32 Å². The van der Waals surface area contributed by atoms with E-state index in [1.54, 1.807) is 0 Å². The van der Waals surface area contributed by atoms with Gasteiger partial charge >= 0.3 is 5.69 Å². The molecule has 0 saturated heterocycles. The van der Waals surface area contributed by atoms with Crippen LogP contribution in [-0.4, -0.2) is 26.1 Å². The summed E-state index contributed by atoms with van der Waals surface area (Å²) in [6.07, 6.45) is 0.949. The third kappa shape index (κ3) is 4.05. The van der Waals surface area contributed by atoms with Crippen molar-refractivity contribution < 1.29 is 22.1 Å². The molecule has 0 aromatic heterocycles. The summed E-state index contributed by atoms with van der Waals surface area (Å²) in [5, 5.41) is 13.9. The van der Waals surface area contributed by atoms with Crippen LogP contribution >= 0.6 is 0 Å². The minimum atomic E-state index is -3.78. The number of hydrogen-bond donors (Lipinski definition) is 1. The summed E-state index contributed by atoms with van der Waals surface area (Å²) < 4.78 is 50.0. The zero-order valence-electron chi connectivity index (χ0n) is 12.6. The van der Waals surface area contributed by atoms with Gasteiger partial charge in [0.05, 0.1) is 4.92 Å². The van der Waals surface area contributed by atoms with Crippen LogP contribution in [0.4, 0.5) is 20.2 Å². The van der Waals surface area contributed by atoms with Crippen molar-refractivity contribution in [2.45, 2.75) is 11.3 Å². The molecule has 2 aromatic rings. The Labute approximate surface area is 137 Å². The lowest BCUT2D eigenvalue weighted by Gasteiger charge is -2.10. The maximum atomic E-state index is 13.5. The van der Waals surface area contributed by atoms with E-state index in [2.05, 4.69) is 5.32 Å². The Balaban J connectivity index is 2.24. The van der Waals surface area contributed by atoms with Crippen LogP contribution in [0.2, 0.25) is 0 Å². The first-order valence-electron chi connectivity index (χ1n) is 6.85. The van der Waals surface area contributed by atoms with E-state index >= 15 is 0 Å². The van der Waals surface area contributed by atoms with Crippen LogP contribution in [0.1, 0.15) is 5.56 Å². The van der Waals surface area contributed by atoms with Gasteiger partial charge in [-0.15, -0.1) is 0 Å². The maximum absolute atomic E-state index is 13.5. The Morgan fingerprint density at radius 1 is 1.21 bits per heavy atom. The number of nitro groups is 1. The first kappa shape index (κ1) is 17.8. The summed E-state index contributed by atoms with van der Waals surface area (Å²) in [5.41, 5.74) is -0.455. The molecule has 2 rings (SSSR count). The molecule has 6 nitrogen and oxygen atoms in total. The quantitative estimate of drug-likeness (QED) is 0.635. The third-order valence-electron chi connectivity index (χ3n) is 3.30. The number of nitro benzene ring substituents is 1. The van der Waals surface area contributed by atoms with Crippen molar-refractivity contribution >= 4 is 21.2 Å². The van der Waals surface area contributed by atoms with Gasteiger partial charge in [0.15, 0.2) is 9.84 Å². The minimum absolute atomic E-state index is 0.000244. The molecule has 0 amide bonds. The highest BCUT2D eigenvalue weighted by atomic mass is 32.2. The highest BCUT2D eigenvalue weighted by Gasteiger charge is 2.25. The number of halogens is 2. The van der Waals surface area contributed by atoms with E-state index in [-0.39, 0.29) is 24.2 Å². The van der Waals surface area contributed by atoms with Gasteiger partial charge in [0.25, 0.3) is 0 Å². The summed E-state index contributed by atoms with van der Waals surface area (Å²) in [7, 11) is -3.78. The fourth-order valence-corrected chi connectivity index (χ4v) is 3.08. The molecule has 0 aliphatic heterocycles. The summed E-state index contributed by atoms with van der Waals surface area (Å²) in [6.45, 7) is 0.0639. The van der Waals surface area contributed by atoms with Crippen LogP contribution in [0.15, 0.2) is 41.3 Å². The lowest BCUT2D eigenvalue weighted by Crippen LogP contribution is -2.10. The van der Waals surface area contributed by atoms with E-state index < -0.39 is 37.0 Å². The second-order valence-corrected chi connectivity index (χ2v) is 7.08. The molecule has 0 radical (unpaired) electrons. The Bertz CT molecular complexity index is 885. The topological polar surface area (TPSA) is 89.3 Å². The van der Waals surface area contributed by atoms with E-state index in [1.165, 1.54) is 12.1 Å². The van der Waals surface area contributed by atoms with Crippen molar-refractivity contribution in [1.82, 2.24) is 0 Å². The smallest absolute Gasteiger partial charge is 0.310 e. The molecular weight excluding hydrogens is 342 g/mol. The normalized spacial score (nSPS) is 11.3. The number of nitrogens with one attached hydrogen (secondary N) is 1. The van der Waals surface area contributed by atoms with E-state index in [4.69, 9.17) is 0 Å². The number of rotatable bonds is 6. The number of hydrogen-bond acceptors (Lipinski definition) is 5. The highest BCUT2D eigenvalue weighted by molar-refractivity contribution is 7.90. The fourth-order valence-electron chi connectivity index (χ4n) is 2.22. The molecule has 0 spiro atoms. The molecule has 128 valence electrons. The van der Waals surface area contributed by atoms with Gasteiger partial charge in [0.2, 0.25) is 0 Å². The molecule has 0 atom stereocenters. The van der Waals surface area contributed by atoms with Crippen LogP contribution in [0.5, 0.6) is 0 Å². The maximum Gasteiger partial charge on any atom is 0.310 e. The summed E-state index contributed by atoms with van der Waals surface area (Å²) >= 11 is 0. The Kier molecular flexibility index (Phi) is 5.13. The molecule has 2 aromatic carbocycles. The minimum Gasteiger partial charge on any atom is -0.379 e. The van der Waals surface area contributed by atoms with Crippen LogP contribution in [0, 0.1) is 21.7 Å². The predicted molar refractivity (Wildman–Crippen MR) is 84.8 cm³/mol. The summed E-state index contributed by atoms with van der Waals surface area (Å²) in [4.78, 5) is 10.0. The third-order valence-corrected chi connectivity index (χ3v) is 4.43. The highest BCUT2D eigenvalue weighted by Crippen LogP contribution is 2.31. The number of anilines is 1. The predicted octanol–water partition coefficient (Wildman–Crippen LogP) is 2.93. The Morgan fingerprint density at radius 3 is 2.54 bits per heavy atom. The first-order chi connectivity index (χ1) is 11.2. The second kappa shape index (κ2) is 6.91. The van der Waals surface area contributed by atoms with Crippen molar-refractivity contribution in [1.29, 1.82) is 0 Å². The largest absolute Gasteiger partial charge is 0.379 e. The first-order valence-corrected chi connectivity index (χ1v) is 8.74. The van der Waals surface area contributed by atoms with Gasteiger partial charge in [-0.3, -0.25) is 10.1 Å². The molecule has 0 fully saturated rings. The summed E-state index contributed by atoms with van der Waals surface area (Å²) in [6, 6.07) is 6.90. The second-order valence-electron chi connectivity index (χ2n) is 5.09. The lowest BCUT2D eigenvalue weighted by molar-refractivity contribution is -0.386. The van der Waals surface area contributed by atoms with Gasteiger partial charge in [0.1, 0.15) is 22.2 Å². The molecule has 24 heavy (non-hydrogen) atoms. The van der Waals surface area contributed by atoms with Crippen molar-refractivity contribution in [3.05, 3.63) is 63.7 Å². The van der Waals surface area contributed by atoms with Gasteiger partial charge in [-0.2, -0.15) is 0 Å². The molecule has 1 N–H and O–H groups in total. The van der Waals surface area contributed by atoms with Crippen molar-refractivity contribution in [2.75, 3.05) is 18.1 Å². The number of benzene rings is 2. The van der Waals surface area contributed by atoms with E-state index in [0.29, 0.717) is 0 Å². The molecule has 0 heterocycles. The molecule has 0 bridgehead atoms. The van der Waals surface area contributed by atoms with Gasteiger partial charge < -0.3 is 5.32 Å². The average Bonchev–Trinajstić information content (AvgIpc) is 2.49. The van der Waals surface area contributed by atoms with E-state index in [1.807, 2.05) is 0 Å². The van der Waals surface area contributed by atoms with E-state index in [9.17, 15) is 27.3 Å². The Morgan fingerprint density at radius 2 is 1.92 bits per heavy atom. The van der Waals surface area contributed by atoms with Crippen molar-refractivity contribution in [3.8, 4) is 0 Å². The van der Waals surface area contributed by atoms with Crippen molar-refractivity contribution in [2.24, 2.45) is 0 Å². The van der Waals surface area contributed by atoms with Gasteiger partial charge in [-0.25, -0.2) is 17.2 Å². The lowest BCUT2D eigenvalue weighted by atomic mass is 10.1. The number of para-hydroxylation sites is 1. The molecule has 0 aliphatic carbocycles. The zero-order chi connectivity index (χ0) is 17.9. The molecule has 0 aliphatic rings. The average molecular weight is 356 g/mol. The van der Waals surface area contributed by atoms with Crippen molar-refractivity contribution in [3.63, 3.8) is 0 Å². The Hall–Kier alpha value is -2.55. The van der Waals surface area contributed by atoms with Crippen LogP contribution in [0.3, 0.4) is 0 Å². The standard InChI is InChI=1S/C15H14F2N2O4S/c1-24(22,23)14-4-2-3-13(15(14)19(20)21)18-8-7-10-9-11(16)5-6-12(10)17/h2-6,9,18H,7-8H2,1H3. The summed E-state index contributed by atoms with van der Waals surface area (Å²) in [5.74, 6) is -1.17. The fraction of sp³-hybridized carbons (Fsp3) is 0.200. The zero-order valence-corrected chi connectivity index (χ0v) is 13.4. The molecule has 9 heteroatoms. The number of sulfone groups is 1. The van der Waals surface area contributed by atoms with E-state index in [0.717, 1.165) is 30.5 Å². The molecular formula is C15H14F2N2O4S. The van der Waals surface area contributed by atoms with Crippen LogP contribution in [0.25, 0.3) is 0 Å². The molecule has 0 saturated carbocycles. The van der Waals surface area contributed by atoms with Crippen LogP contribution in [-0.2, 0) is 16.3 Å². The van der Waals surface area contributed by atoms with Gasteiger partial charge in [-0.05, 0) is 42.3 Å². The van der Waals surface area contributed by atoms with Gasteiger partial charge in [-0.1, -0.05) is 6.07 Å².